The third kappa shape index (κ3) is 2.54. The molecule has 23 heavy (non-hydrogen) atoms. The number of aliphatic hydroxyl groups excluding tert-OH is 1. The van der Waals surface area contributed by atoms with Gasteiger partial charge >= 0.3 is 6.18 Å². The Kier molecular flexibility index (Phi) is 4.53. The highest BCUT2D eigenvalue weighted by molar-refractivity contribution is 5.10. The van der Waals surface area contributed by atoms with Gasteiger partial charge in [-0.2, -0.15) is 13.2 Å². The topological polar surface area (TPSA) is 20.2 Å². The van der Waals surface area contributed by atoms with E-state index in [2.05, 4.69) is 13.8 Å². The van der Waals surface area contributed by atoms with Crippen LogP contribution in [0.25, 0.3) is 0 Å². The normalized spacial score (nSPS) is 51.0. The maximum Gasteiger partial charge on any atom is 0.394 e. The first kappa shape index (κ1) is 17.6. The maximum absolute atomic E-state index is 14.1. The van der Waals surface area contributed by atoms with Crippen LogP contribution < -0.4 is 0 Å². The first-order chi connectivity index (χ1) is 10.8. The van der Waals surface area contributed by atoms with E-state index in [9.17, 15) is 13.2 Å². The molecule has 1 nitrogen and oxygen atoms in total. The summed E-state index contributed by atoms with van der Waals surface area (Å²) in [6, 6.07) is 0. The van der Waals surface area contributed by atoms with E-state index >= 15 is 0 Å². The van der Waals surface area contributed by atoms with Crippen molar-refractivity contribution in [2.24, 2.45) is 46.8 Å². The van der Waals surface area contributed by atoms with E-state index in [1.165, 1.54) is 19.3 Å². The van der Waals surface area contributed by atoms with Crippen molar-refractivity contribution in [3.05, 3.63) is 0 Å². The molecule has 0 amide bonds. The molecule has 4 rings (SSSR count). The van der Waals surface area contributed by atoms with Crippen LogP contribution in [-0.2, 0) is 0 Å². The molecule has 8 unspecified atom stereocenters. The number of hydrogen-bond acceptors (Lipinski definition) is 1. The molecule has 4 saturated carbocycles. The fourth-order valence-corrected chi connectivity index (χ4v) is 6.94. The van der Waals surface area contributed by atoms with Crippen LogP contribution in [0.5, 0.6) is 0 Å². The molecule has 0 radical (unpaired) electrons. The average Bonchev–Trinajstić information content (AvgIpc) is 3.24. The molecule has 4 aliphatic carbocycles. The number of fused-ring (bicyclic) bond motifs is 4. The quantitative estimate of drug-likeness (QED) is 0.729. The molecule has 134 valence electrons. The molecule has 0 aliphatic heterocycles. The van der Waals surface area contributed by atoms with Gasteiger partial charge < -0.3 is 5.11 Å². The Morgan fingerprint density at radius 1 is 0.957 bits per heavy atom. The second-order valence-electron chi connectivity index (χ2n) is 8.82. The molecule has 4 heteroatoms. The van der Waals surface area contributed by atoms with Crippen molar-refractivity contribution in [3.8, 4) is 0 Å². The summed E-state index contributed by atoms with van der Waals surface area (Å²) in [5, 5.41) is 7.00. The monoisotopic (exact) mass is 332 g/mol. The molecule has 0 aromatic carbocycles. The first-order valence-corrected chi connectivity index (χ1v) is 9.33. The molecule has 1 N–H and O–H groups in total. The maximum atomic E-state index is 14.1. The lowest BCUT2D eigenvalue weighted by molar-refractivity contribution is -0.256. The van der Waals surface area contributed by atoms with Crippen LogP contribution in [0.2, 0.25) is 0 Å². The second-order valence-corrected chi connectivity index (χ2v) is 8.82. The van der Waals surface area contributed by atoms with Gasteiger partial charge in [-0.05, 0) is 80.0 Å². The summed E-state index contributed by atoms with van der Waals surface area (Å²) in [5.74, 6) is 2.70. The van der Waals surface area contributed by atoms with Crippen molar-refractivity contribution in [1.29, 1.82) is 0 Å². The van der Waals surface area contributed by atoms with Gasteiger partial charge in [0.2, 0.25) is 0 Å². The summed E-state index contributed by atoms with van der Waals surface area (Å²) < 4.78 is 42.2. The highest BCUT2D eigenvalue weighted by atomic mass is 19.4. The minimum absolute atomic E-state index is 0.100. The van der Waals surface area contributed by atoms with Gasteiger partial charge in [0, 0.05) is 7.11 Å². The van der Waals surface area contributed by atoms with Gasteiger partial charge in [-0.25, -0.2) is 0 Å². The number of hydrogen-bond donors (Lipinski definition) is 1. The summed E-state index contributed by atoms with van der Waals surface area (Å²) in [6.45, 7) is 4.25. The molecule has 4 aliphatic rings. The lowest BCUT2D eigenvalue weighted by Crippen LogP contribution is -2.48. The third-order valence-corrected chi connectivity index (χ3v) is 8.18. The van der Waals surface area contributed by atoms with Crippen molar-refractivity contribution in [2.45, 2.75) is 65.0 Å². The van der Waals surface area contributed by atoms with E-state index in [-0.39, 0.29) is 11.8 Å². The summed E-state index contributed by atoms with van der Waals surface area (Å²) in [4.78, 5) is 0. The Morgan fingerprint density at radius 3 is 2.09 bits per heavy atom. The number of alkyl halides is 3. The van der Waals surface area contributed by atoms with Crippen molar-refractivity contribution >= 4 is 0 Å². The van der Waals surface area contributed by atoms with Crippen molar-refractivity contribution in [3.63, 3.8) is 0 Å². The smallest absolute Gasteiger partial charge is 0.394 e. The predicted molar refractivity (Wildman–Crippen MR) is 84.7 cm³/mol. The van der Waals surface area contributed by atoms with Gasteiger partial charge in [-0.1, -0.05) is 20.3 Å². The Bertz CT molecular complexity index is 433. The number of halogens is 3. The van der Waals surface area contributed by atoms with Crippen LogP contribution in [0.1, 0.15) is 58.8 Å². The highest BCUT2D eigenvalue weighted by Crippen LogP contribution is 2.69. The van der Waals surface area contributed by atoms with Crippen LogP contribution in [0.4, 0.5) is 13.2 Å². The zero-order chi connectivity index (χ0) is 17.0. The third-order valence-electron chi connectivity index (χ3n) is 8.18. The van der Waals surface area contributed by atoms with E-state index in [4.69, 9.17) is 5.11 Å². The second kappa shape index (κ2) is 5.93. The van der Waals surface area contributed by atoms with Gasteiger partial charge in [-0.15, -0.1) is 0 Å². The summed E-state index contributed by atoms with van der Waals surface area (Å²) in [5.41, 5.74) is -1.33. The zero-order valence-electron chi connectivity index (χ0n) is 14.6. The summed E-state index contributed by atoms with van der Waals surface area (Å²) in [6.07, 6.45) is 2.51. The fourth-order valence-electron chi connectivity index (χ4n) is 6.94. The molecular formula is C19H31F3O. The van der Waals surface area contributed by atoms with Crippen LogP contribution in [0.15, 0.2) is 0 Å². The Labute approximate surface area is 138 Å². The zero-order valence-corrected chi connectivity index (χ0v) is 14.6. The highest BCUT2D eigenvalue weighted by Gasteiger charge is 2.69. The van der Waals surface area contributed by atoms with Crippen molar-refractivity contribution in [1.82, 2.24) is 0 Å². The van der Waals surface area contributed by atoms with Gasteiger partial charge in [0.15, 0.2) is 0 Å². The van der Waals surface area contributed by atoms with Crippen LogP contribution in [-0.4, -0.2) is 18.4 Å². The first-order valence-electron chi connectivity index (χ1n) is 9.33. The van der Waals surface area contributed by atoms with E-state index in [0.29, 0.717) is 36.5 Å². The lowest BCUT2D eigenvalue weighted by atomic mass is 9.60. The molecule has 4 fully saturated rings. The van der Waals surface area contributed by atoms with Gasteiger partial charge in [0.1, 0.15) is 0 Å². The molecule has 0 spiro atoms. The van der Waals surface area contributed by atoms with Crippen molar-refractivity contribution < 1.29 is 18.3 Å². The Hall–Kier alpha value is -0.250. The van der Waals surface area contributed by atoms with Crippen LogP contribution in [0, 0.1) is 46.8 Å². The average molecular weight is 332 g/mol. The largest absolute Gasteiger partial charge is 0.400 e. The molecule has 0 heterocycles. The molecule has 4 bridgehead atoms. The molecule has 0 saturated heterocycles. The van der Waals surface area contributed by atoms with Gasteiger partial charge in [0.05, 0.1) is 5.41 Å². The molecular weight excluding hydrogens is 301 g/mol. The Morgan fingerprint density at radius 2 is 1.65 bits per heavy atom. The van der Waals surface area contributed by atoms with E-state index in [1.807, 2.05) is 0 Å². The lowest BCUT2D eigenvalue weighted by Gasteiger charge is -2.46. The van der Waals surface area contributed by atoms with Crippen LogP contribution in [0.3, 0.4) is 0 Å². The standard InChI is InChI=1S/C18H27F3.CH4O/c1-10-11(2)16-7-14(10)8-17(16,18(19,20)21)9-15-6-12-3-4-13(15)5-12;1-2/h10-16H,3-9H2,1-2H3;2H,1H3. The van der Waals surface area contributed by atoms with Crippen molar-refractivity contribution in [2.75, 3.05) is 7.11 Å². The number of aliphatic hydroxyl groups is 1. The molecule has 0 aromatic heterocycles. The molecule has 0 aromatic rings. The summed E-state index contributed by atoms with van der Waals surface area (Å²) >= 11 is 0. The van der Waals surface area contributed by atoms with Crippen LogP contribution >= 0.6 is 0 Å². The molecule has 8 atom stereocenters. The van der Waals surface area contributed by atoms with Gasteiger partial charge in [0.25, 0.3) is 0 Å². The van der Waals surface area contributed by atoms with Gasteiger partial charge in [-0.3, -0.25) is 0 Å². The van der Waals surface area contributed by atoms with E-state index < -0.39 is 11.6 Å². The Balaban J connectivity index is 0.000000753. The fraction of sp³-hybridized carbons (Fsp3) is 1.00. The minimum atomic E-state index is -4.00. The summed E-state index contributed by atoms with van der Waals surface area (Å²) in [7, 11) is 1.00. The SMILES string of the molecule is CC1C2CC(C1C)C(CC1CC3CCC1C3)(C(F)(F)F)C2.CO. The van der Waals surface area contributed by atoms with E-state index in [1.54, 1.807) is 0 Å². The van der Waals surface area contributed by atoms with E-state index in [0.717, 1.165) is 25.9 Å². The predicted octanol–water partition coefficient (Wildman–Crippen LogP) is 5.28. The minimum Gasteiger partial charge on any atom is -0.400 e. The number of rotatable bonds is 2.